The van der Waals surface area contributed by atoms with E-state index in [4.69, 9.17) is 14.2 Å². The van der Waals surface area contributed by atoms with E-state index in [2.05, 4.69) is 10.0 Å². The molecule has 2 heterocycles. The van der Waals surface area contributed by atoms with Gasteiger partial charge in [0.2, 0.25) is 15.9 Å². The van der Waals surface area contributed by atoms with Gasteiger partial charge in [-0.25, -0.2) is 13.1 Å². The Labute approximate surface area is 169 Å². The Hall–Kier alpha value is -2.78. The number of ether oxygens (including phenoxy) is 3. The van der Waals surface area contributed by atoms with Crippen molar-refractivity contribution in [2.75, 3.05) is 26.4 Å². The zero-order chi connectivity index (χ0) is 20.3. The molecule has 0 spiro atoms. The molecule has 154 valence electrons. The van der Waals surface area contributed by atoms with Crippen LogP contribution in [0.15, 0.2) is 47.4 Å². The van der Waals surface area contributed by atoms with Crippen LogP contribution >= 0.6 is 0 Å². The van der Waals surface area contributed by atoms with E-state index in [0.717, 1.165) is 17.7 Å². The number of hydrogen-bond acceptors (Lipinski definition) is 6. The summed E-state index contributed by atoms with van der Waals surface area (Å²) >= 11 is 0. The molecule has 2 aromatic carbocycles. The van der Waals surface area contributed by atoms with E-state index in [1.54, 1.807) is 6.07 Å². The summed E-state index contributed by atoms with van der Waals surface area (Å²) in [6, 6.07) is 11.7. The fourth-order valence-corrected chi connectivity index (χ4v) is 4.29. The predicted molar refractivity (Wildman–Crippen MR) is 105 cm³/mol. The number of amides is 1. The van der Waals surface area contributed by atoms with Crippen molar-refractivity contribution in [1.29, 1.82) is 0 Å². The first-order chi connectivity index (χ1) is 14.0. The highest BCUT2D eigenvalue weighted by molar-refractivity contribution is 7.89. The van der Waals surface area contributed by atoms with Gasteiger partial charge in [-0.2, -0.15) is 0 Å². The third-order valence-corrected chi connectivity index (χ3v) is 6.14. The molecule has 1 amide bonds. The lowest BCUT2D eigenvalue weighted by molar-refractivity contribution is -0.120. The number of sulfonamides is 1. The summed E-state index contributed by atoms with van der Waals surface area (Å²) in [5, 5.41) is 2.87. The molecule has 0 saturated heterocycles. The van der Waals surface area contributed by atoms with E-state index in [9.17, 15) is 13.2 Å². The van der Waals surface area contributed by atoms with Gasteiger partial charge in [-0.05, 0) is 18.2 Å². The zero-order valence-electron chi connectivity index (χ0n) is 15.7. The van der Waals surface area contributed by atoms with Crippen molar-refractivity contribution >= 4 is 15.9 Å². The number of nitrogens with one attached hydrogen (secondary N) is 2. The van der Waals surface area contributed by atoms with Gasteiger partial charge in [0, 0.05) is 24.5 Å². The maximum absolute atomic E-state index is 12.6. The van der Waals surface area contributed by atoms with Crippen molar-refractivity contribution in [3.05, 3.63) is 48.0 Å². The van der Waals surface area contributed by atoms with Crippen LogP contribution < -0.4 is 24.2 Å². The Kier molecular flexibility index (Phi) is 5.59. The van der Waals surface area contributed by atoms with E-state index in [1.165, 1.54) is 12.1 Å². The average molecular weight is 418 g/mol. The van der Waals surface area contributed by atoms with Crippen LogP contribution in [0.3, 0.4) is 0 Å². The molecule has 2 aliphatic rings. The summed E-state index contributed by atoms with van der Waals surface area (Å²) < 4.78 is 44.2. The fourth-order valence-electron chi connectivity index (χ4n) is 3.29. The molecule has 0 unspecified atom stereocenters. The minimum absolute atomic E-state index is 0.0194. The van der Waals surface area contributed by atoms with Gasteiger partial charge in [0.15, 0.2) is 11.5 Å². The monoisotopic (exact) mass is 418 g/mol. The standard InChI is InChI=1S/C20H22N2O6S/c23-20(22-16-8-11-28-17-5-2-1-4-15(16)17)13-21-29(24,25)14-6-7-18-19(12-14)27-10-3-9-26-18/h1-2,4-7,12,16,21H,3,8-11,13H2,(H,22,23)/t16-/m1/s1. The summed E-state index contributed by atoms with van der Waals surface area (Å²) in [6.07, 6.45) is 1.35. The largest absolute Gasteiger partial charge is 0.493 e. The van der Waals surface area contributed by atoms with Crippen molar-refractivity contribution in [3.63, 3.8) is 0 Å². The van der Waals surface area contributed by atoms with Gasteiger partial charge in [-0.3, -0.25) is 4.79 Å². The molecule has 2 aromatic rings. The first-order valence-electron chi connectivity index (χ1n) is 9.43. The van der Waals surface area contributed by atoms with Crippen molar-refractivity contribution in [2.45, 2.75) is 23.8 Å². The third-order valence-electron chi connectivity index (χ3n) is 4.75. The highest BCUT2D eigenvalue weighted by atomic mass is 32.2. The Bertz CT molecular complexity index is 1010. The Morgan fingerprint density at radius 3 is 2.59 bits per heavy atom. The Morgan fingerprint density at radius 2 is 1.72 bits per heavy atom. The van der Waals surface area contributed by atoms with Gasteiger partial charge in [-0.1, -0.05) is 18.2 Å². The summed E-state index contributed by atoms with van der Waals surface area (Å²) in [6.45, 7) is 1.10. The molecule has 29 heavy (non-hydrogen) atoms. The minimum Gasteiger partial charge on any atom is -0.493 e. The van der Waals surface area contributed by atoms with Gasteiger partial charge in [0.05, 0.1) is 37.3 Å². The lowest BCUT2D eigenvalue weighted by atomic mass is 10.0. The molecule has 0 fully saturated rings. The van der Waals surface area contributed by atoms with Gasteiger partial charge in [-0.15, -0.1) is 0 Å². The molecule has 0 saturated carbocycles. The van der Waals surface area contributed by atoms with Gasteiger partial charge >= 0.3 is 0 Å². The SMILES string of the molecule is O=C(CNS(=O)(=O)c1ccc2c(c1)OCCCO2)N[C@@H]1CCOc2ccccc21. The maximum Gasteiger partial charge on any atom is 0.241 e. The number of para-hydroxylation sites is 1. The number of carbonyl (C=O) groups is 1. The van der Waals surface area contributed by atoms with Crippen LogP contribution in [0.1, 0.15) is 24.4 Å². The number of carbonyl (C=O) groups excluding carboxylic acids is 1. The third kappa shape index (κ3) is 4.46. The maximum atomic E-state index is 12.6. The van der Waals surface area contributed by atoms with Crippen molar-refractivity contribution in [2.24, 2.45) is 0 Å². The van der Waals surface area contributed by atoms with Crippen LogP contribution in [0.5, 0.6) is 17.2 Å². The molecule has 0 aromatic heterocycles. The van der Waals surface area contributed by atoms with Crippen LogP contribution in [-0.4, -0.2) is 40.7 Å². The van der Waals surface area contributed by atoms with Gasteiger partial charge in [0.1, 0.15) is 5.75 Å². The minimum atomic E-state index is -3.87. The van der Waals surface area contributed by atoms with E-state index >= 15 is 0 Å². The molecule has 1 atom stereocenters. The number of fused-ring (bicyclic) bond motifs is 2. The predicted octanol–water partition coefficient (Wildman–Crippen LogP) is 1.77. The second-order valence-corrected chi connectivity index (χ2v) is 8.55. The smallest absolute Gasteiger partial charge is 0.241 e. The lowest BCUT2D eigenvalue weighted by Crippen LogP contribution is -2.39. The molecular formula is C20H22N2O6S. The first kappa shape index (κ1) is 19.5. The summed E-state index contributed by atoms with van der Waals surface area (Å²) in [5.74, 6) is 1.22. The van der Waals surface area contributed by atoms with Crippen LogP contribution in [0, 0.1) is 0 Å². The van der Waals surface area contributed by atoms with Crippen molar-refractivity contribution < 1.29 is 27.4 Å². The second-order valence-electron chi connectivity index (χ2n) is 6.78. The molecule has 8 nitrogen and oxygen atoms in total. The average Bonchev–Trinajstić information content (AvgIpc) is 2.97. The second kappa shape index (κ2) is 8.30. The van der Waals surface area contributed by atoms with Crippen molar-refractivity contribution in [3.8, 4) is 17.2 Å². The van der Waals surface area contributed by atoms with E-state index in [0.29, 0.717) is 37.7 Å². The topological polar surface area (TPSA) is 103 Å². The first-order valence-corrected chi connectivity index (χ1v) is 10.9. The van der Waals surface area contributed by atoms with Gasteiger partial charge in [0.25, 0.3) is 0 Å². The fraction of sp³-hybridized carbons (Fsp3) is 0.350. The molecule has 4 rings (SSSR count). The molecule has 2 aliphatic heterocycles. The highest BCUT2D eigenvalue weighted by Crippen LogP contribution is 2.32. The summed E-state index contributed by atoms with van der Waals surface area (Å²) in [7, 11) is -3.87. The van der Waals surface area contributed by atoms with Crippen LogP contribution in [0.25, 0.3) is 0 Å². The van der Waals surface area contributed by atoms with Crippen molar-refractivity contribution in [1.82, 2.24) is 10.0 Å². The molecule has 9 heteroatoms. The normalized spacial score (nSPS) is 18.1. The number of hydrogen-bond donors (Lipinski definition) is 2. The summed E-state index contributed by atoms with van der Waals surface area (Å²) in [4.78, 5) is 12.4. The Balaban J connectivity index is 1.40. The summed E-state index contributed by atoms with van der Waals surface area (Å²) in [5.41, 5.74) is 0.887. The van der Waals surface area contributed by atoms with Crippen LogP contribution in [0.4, 0.5) is 0 Å². The molecule has 0 bridgehead atoms. The molecule has 0 radical (unpaired) electrons. The Morgan fingerprint density at radius 1 is 0.966 bits per heavy atom. The molecular weight excluding hydrogens is 396 g/mol. The van der Waals surface area contributed by atoms with Gasteiger partial charge < -0.3 is 19.5 Å². The zero-order valence-corrected chi connectivity index (χ0v) is 16.5. The number of rotatable bonds is 5. The lowest BCUT2D eigenvalue weighted by Gasteiger charge is -2.26. The molecule has 2 N–H and O–H groups in total. The van der Waals surface area contributed by atoms with E-state index < -0.39 is 15.9 Å². The van der Waals surface area contributed by atoms with Crippen LogP contribution in [-0.2, 0) is 14.8 Å². The number of benzene rings is 2. The quantitative estimate of drug-likeness (QED) is 0.767. The van der Waals surface area contributed by atoms with E-state index in [-0.39, 0.29) is 17.5 Å². The van der Waals surface area contributed by atoms with Crippen LogP contribution in [0.2, 0.25) is 0 Å². The molecule has 0 aliphatic carbocycles. The highest BCUT2D eigenvalue weighted by Gasteiger charge is 2.24. The van der Waals surface area contributed by atoms with E-state index in [1.807, 2.05) is 24.3 Å².